The van der Waals surface area contributed by atoms with Crippen LogP contribution < -0.4 is 19.5 Å². The number of amides is 1. The summed E-state index contributed by atoms with van der Waals surface area (Å²) in [5.74, 6) is 2.50. The third kappa shape index (κ3) is 6.33. The van der Waals surface area contributed by atoms with Gasteiger partial charge < -0.3 is 19.5 Å². The highest BCUT2D eigenvalue weighted by Gasteiger charge is 2.22. The van der Waals surface area contributed by atoms with Crippen LogP contribution in [-0.2, 0) is 11.3 Å². The Morgan fingerprint density at radius 3 is 2.53 bits per heavy atom. The van der Waals surface area contributed by atoms with E-state index in [4.69, 9.17) is 14.2 Å². The van der Waals surface area contributed by atoms with Gasteiger partial charge in [-0.2, -0.15) is 0 Å². The molecule has 36 heavy (non-hydrogen) atoms. The van der Waals surface area contributed by atoms with Gasteiger partial charge in [0, 0.05) is 36.2 Å². The van der Waals surface area contributed by atoms with Gasteiger partial charge in [0.2, 0.25) is 11.1 Å². The molecule has 0 spiro atoms. The van der Waals surface area contributed by atoms with Crippen LogP contribution >= 0.6 is 11.8 Å². The monoisotopic (exact) mass is 505 g/mol. The van der Waals surface area contributed by atoms with Crippen LogP contribution in [0.2, 0.25) is 0 Å². The van der Waals surface area contributed by atoms with E-state index in [1.54, 1.807) is 33.7 Å². The summed E-state index contributed by atoms with van der Waals surface area (Å²) in [6.45, 7) is 0.401. The fraction of sp³-hybridized carbons (Fsp3) is 0.231. The van der Waals surface area contributed by atoms with Crippen molar-refractivity contribution in [2.45, 2.75) is 23.4 Å². The van der Waals surface area contributed by atoms with E-state index in [1.807, 2.05) is 54.6 Å². The van der Waals surface area contributed by atoms with Gasteiger partial charge in [-0.3, -0.25) is 14.9 Å². The number of hydrogen-bond donors (Lipinski definition) is 2. The molecule has 2 aromatic carbocycles. The van der Waals surface area contributed by atoms with Gasteiger partial charge in [-0.15, -0.1) is 5.10 Å². The predicted octanol–water partition coefficient (Wildman–Crippen LogP) is 4.43. The molecule has 0 aliphatic rings. The van der Waals surface area contributed by atoms with E-state index in [0.29, 0.717) is 29.0 Å². The molecule has 0 fully saturated rings. The number of nitrogens with zero attached hydrogens (tertiary/aromatic N) is 3. The third-order valence-electron chi connectivity index (χ3n) is 5.44. The molecule has 0 aliphatic heterocycles. The van der Waals surface area contributed by atoms with Gasteiger partial charge in [0.15, 0.2) is 17.3 Å². The lowest BCUT2D eigenvalue weighted by Crippen LogP contribution is -2.24. The lowest BCUT2D eigenvalue weighted by atomic mass is 10.1. The number of H-pyrrole nitrogens is 1. The van der Waals surface area contributed by atoms with Gasteiger partial charge in [-0.05, 0) is 53.6 Å². The van der Waals surface area contributed by atoms with Gasteiger partial charge in [0.05, 0.1) is 21.3 Å². The first kappa shape index (κ1) is 25.1. The summed E-state index contributed by atoms with van der Waals surface area (Å²) in [5.41, 5.74) is 2.70. The number of carbonyl (C=O) groups is 1. The zero-order valence-corrected chi connectivity index (χ0v) is 21.0. The number of hydrogen-bond acceptors (Lipinski definition) is 8. The molecule has 4 aromatic rings. The molecule has 1 unspecified atom stereocenters. The standard InChI is InChI=1S/C26H27N5O4S/c1-33-20-9-6-18(7-10-20)25-29-26(31-30-25)36-23(19-8-11-21(34-2)22(13-19)35-3)14-24(32)28-16-17-5-4-12-27-15-17/h4-13,15,23H,14,16H2,1-3H3,(H,28,32)(H,29,30,31). The van der Waals surface area contributed by atoms with E-state index in [-0.39, 0.29) is 17.6 Å². The molecule has 10 heteroatoms. The molecule has 0 aliphatic carbocycles. The summed E-state index contributed by atoms with van der Waals surface area (Å²) < 4.78 is 16.1. The van der Waals surface area contributed by atoms with Crippen molar-refractivity contribution in [3.8, 4) is 28.6 Å². The number of ether oxygens (including phenoxy) is 3. The number of aromatic amines is 1. The van der Waals surface area contributed by atoms with Crippen molar-refractivity contribution >= 4 is 17.7 Å². The molecule has 2 aromatic heterocycles. The van der Waals surface area contributed by atoms with Crippen LogP contribution in [0.1, 0.15) is 22.8 Å². The number of nitrogens with one attached hydrogen (secondary N) is 2. The van der Waals surface area contributed by atoms with Crippen molar-refractivity contribution in [1.82, 2.24) is 25.5 Å². The maximum Gasteiger partial charge on any atom is 0.221 e. The topological polar surface area (TPSA) is 111 Å². The van der Waals surface area contributed by atoms with Crippen molar-refractivity contribution in [2.75, 3.05) is 21.3 Å². The Bertz CT molecular complexity index is 1280. The number of carbonyl (C=O) groups excluding carboxylic acids is 1. The number of benzene rings is 2. The van der Waals surface area contributed by atoms with E-state index < -0.39 is 0 Å². The summed E-state index contributed by atoms with van der Waals surface area (Å²) in [7, 11) is 4.80. The lowest BCUT2D eigenvalue weighted by Gasteiger charge is -2.17. The molecule has 9 nitrogen and oxygen atoms in total. The molecule has 0 radical (unpaired) electrons. The van der Waals surface area contributed by atoms with Crippen LogP contribution in [0.3, 0.4) is 0 Å². The normalized spacial score (nSPS) is 11.5. The lowest BCUT2D eigenvalue weighted by molar-refractivity contribution is -0.121. The maximum atomic E-state index is 12.9. The van der Waals surface area contributed by atoms with Crippen LogP contribution in [0, 0.1) is 0 Å². The highest BCUT2D eigenvalue weighted by Crippen LogP contribution is 2.40. The minimum atomic E-state index is -0.266. The van der Waals surface area contributed by atoms with Crippen molar-refractivity contribution in [3.05, 3.63) is 78.1 Å². The Morgan fingerprint density at radius 1 is 1.03 bits per heavy atom. The van der Waals surface area contributed by atoms with Gasteiger partial charge in [-0.25, -0.2) is 4.98 Å². The molecule has 2 heterocycles. The molecule has 1 atom stereocenters. The Hall–Kier alpha value is -4.05. The molecule has 2 N–H and O–H groups in total. The number of pyridine rings is 1. The van der Waals surface area contributed by atoms with E-state index in [2.05, 4.69) is 25.5 Å². The van der Waals surface area contributed by atoms with Crippen LogP contribution in [0.4, 0.5) is 0 Å². The molecule has 0 saturated heterocycles. The highest BCUT2D eigenvalue weighted by molar-refractivity contribution is 7.99. The second kappa shape index (κ2) is 12.1. The molecular weight excluding hydrogens is 478 g/mol. The maximum absolute atomic E-state index is 12.9. The second-order valence-corrected chi connectivity index (χ2v) is 8.93. The Kier molecular flexibility index (Phi) is 8.40. The second-order valence-electron chi connectivity index (χ2n) is 7.76. The summed E-state index contributed by atoms with van der Waals surface area (Å²) in [6, 6.07) is 16.9. The van der Waals surface area contributed by atoms with Crippen molar-refractivity contribution in [2.24, 2.45) is 0 Å². The molecule has 4 rings (SSSR count). The van der Waals surface area contributed by atoms with E-state index in [9.17, 15) is 4.79 Å². The molecular formula is C26H27N5O4S. The zero-order chi connectivity index (χ0) is 25.3. The van der Waals surface area contributed by atoms with Crippen LogP contribution in [0.5, 0.6) is 17.2 Å². The smallest absolute Gasteiger partial charge is 0.221 e. The molecule has 0 saturated carbocycles. The minimum Gasteiger partial charge on any atom is -0.497 e. The SMILES string of the molecule is COc1ccc(-c2nc(SC(CC(=O)NCc3cccnc3)c3ccc(OC)c(OC)c3)n[nH]2)cc1. The van der Waals surface area contributed by atoms with Gasteiger partial charge in [-0.1, -0.05) is 23.9 Å². The van der Waals surface area contributed by atoms with Crippen LogP contribution in [-0.4, -0.2) is 47.4 Å². The Labute approximate surface area is 213 Å². The van der Waals surface area contributed by atoms with E-state index >= 15 is 0 Å². The van der Waals surface area contributed by atoms with Crippen molar-refractivity contribution < 1.29 is 19.0 Å². The molecule has 0 bridgehead atoms. The summed E-state index contributed by atoms with van der Waals surface area (Å²) in [4.78, 5) is 21.6. The molecule has 186 valence electrons. The van der Waals surface area contributed by atoms with Gasteiger partial charge >= 0.3 is 0 Å². The fourth-order valence-corrected chi connectivity index (χ4v) is 4.54. The highest BCUT2D eigenvalue weighted by atomic mass is 32.2. The first-order chi connectivity index (χ1) is 17.6. The zero-order valence-electron chi connectivity index (χ0n) is 20.2. The van der Waals surface area contributed by atoms with Crippen LogP contribution in [0.25, 0.3) is 11.4 Å². The quantitative estimate of drug-likeness (QED) is 0.288. The largest absolute Gasteiger partial charge is 0.497 e. The Morgan fingerprint density at radius 2 is 1.83 bits per heavy atom. The first-order valence-electron chi connectivity index (χ1n) is 11.2. The van der Waals surface area contributed by atoms with Crippen molar-refractivity contribution in [3.63, 3.8) is 0 Å². The Balaban J connectivity index is 1.53. The first-order valence-corrected chi connectivity index (χ1v) is 12.1. The van der Waals surface area contributed by atoms with Crippen molar-refractivity contribution in [1.29, 1.82) is 0 Å². The van der Waals surface area contributed by atoms with E-state index in [1.165, 1.54) is 11.8 Å². The van der Waals surface area contributed by atoms with Gasteiger partial charge in [0.25, 0.3) is 0 Å². The molecule has 1 amide bonds. The summed E-state index contributed by atoms with van der Waals surface area (Å²) in [6.07, 6.45) is 3.65. The van der Waals surface area contributed by atoms with Gasteiger partial charge in [0.1, 0.15) is 5.75 Å². The summed E-state index contributed by atoms with van der Waals surface area (Å²) >= 11 is 1.40. The number of thioether (sulfide) groups is 1. The minimum absolute atomic E-state index is 0.1000. The average molecular weight is 506 g/mol. The summed E-state index contributed by atoms with van der Waals surface area (Å²) in [5, 5.41) is 10.6. The number of aromatic nitrogens is 4. The van der Waals surface area contributed by atoms with E-state index in [0.717, 1.165) is 22.4 Å². The third-order valence-corrected chi connectivity index (χ3v) is 6.56. The predicted molar refractivity (Wildman–Crippen MR) is 137 cm³/mol. The number of rotatable bonds is 11. The number of methoxy groups -OCH3 is 3. The average Bonchev–Trinajstić information content (AvgIpc) is 3.40. The van der Waals surface area contributed by atoms with Crippen LogP contribution in [0.15, 0.2) is 72.1 Å². The fourth-order valence-electron chi connectivity index (χ4n) is 3.53.